The Morgan fingerprint density at radius 1 is 1.11 bits per heavy atom. The molecule has 2 aromatic carbocycles. The van der Waals surface area contributed by atoms with Crippen molar-refractivity contribution in [1.82, 2.24) is 25.5 Å². The number of carbonyl (C=O) groups excluding carboxylic acids is 2. The zero-order chi connectivity index (χ0) is 19.3. The molecule has 1 aliphatic heterocycles. The van der Waals surface area contributed by atoms with Crippen molar-refractivity contribution in [3.8, 4) is 17.2 Å². The summed E-state index contributed by atoms with van der Waals surface area (Å²) < 4.78 is 12.6. The minimum Gasteiger partial charge on any atom is -0.485 e. The summed E-state index contributed by atoms with van der Waals surface area (Å²) in [5.74, 6) is -0.00917. The van der Waals surface area contributed by atoms with Crippen LogP contribution in [0.25, 0.3) is 5.69 Å². The van der Waals surface area contributed by atoms with E-state index in [1.54, 1.807) is 18.2 Å². The van der Waals surface area contributed by atoms with Crippen LogP contribution in [0.3, 0.4) is 0 Å². The first-order valence-corrected chi connectivity index (χ1v) is 9.38. The Labute approximate surface area is 164 Å². The first-order chi connectivity index (χ1) is 13.7. The van der Waals surface area contributed by atoms with Crippen LogP contribution in [-0.2, 0) is 9.59 Å². The highest BCUT2D eigenvalue weighted by Gasteiger charge is 2.28. The zero-order valence-corrected chi connectivity index (χ0v) is 15.3. The number of hydrogen-bond acceptors (Lipinski definition) is 8. The van der Waals surface area contributed by atoms with Crippen molar-refractivity contribution >= 4 is 23.6 Å². The summed E-state index contributed by atoms with van der Waals surface area (Å²) in [4.78, 5) is 24.4. The number of benzene rings is 2. The average Bonchev–Trinajstić information content (AvgIpc) is 3.21. The molecule has 0 aliphatic carbocycles. The Hall–Kier alpha value is -3.40. The molecule has 0 radical (unpaired) electrons. The van der Waals surface area contributed by atoms with Gasteiger partial charge >= 0.3 is 0 Å². The molecule has 1 aliphatic rings. The summed E-state index contributed by atoms with van der Waals surface area (Å²) in [7, 11) is 0. The fourth-order valence-corrected chi connectivity index (χ4v) is 3.22. The van der Waals surface area contributed by atoms with Gasteiger partial charge in [0.15, 0.2) is 11.5 Å². The fourth-order valence-electron chi connectivity index (χ4n) is 2.53. The van der Waals surface area contributed by atoms with E-state index in [1.165, 1.54) is 4.68 Å². The number of amides is 2. The predicted octanol–water partition coefficient (Wildman–Crippen LogP) is 1.24. The fraction of sp³-hybridized carbons (Fsp3) is 0.167. The van der Waals surface area contributed by atoms with Crippen molar-refractivity contribution < 1.29 is 19.1 Å². The molecule has 142 valence electrons. The second kappa shape index (κ2) is 8.09. The minimum atomic E-state index is -0.890. The number of rotatable bonds is 5. The van der Waals surface area contributed by atoms with Crippen LogP contribution in [0.5, 0.6) is 11.5 Å². The summed E-state index contributed by atoms with van der Waals surface area (Å²) in [6, 6.07) is 16.4. The molecule has 0 saturated heterocycles. The third-order valence-corrected chi connectivity index (χ3v) is 4.76. The van der Waals surface area contributed by atoms with E-state index in [0.29, 0.717) is 16.7 Å². The van der Waals surface area contributed by atoms with Crippen LogP contribution in [0.4, 0.5) is 0 Å². The van der Waals surface area contributed by atoms with Gasteiger partial charge in [-0.3, -0.25) is 14.9 Å². The average molecular weight is 397 g/mol. The third kappa shape index (κ3) is 3.96. The lowest BCUT2D eigenvalue weighted by Crippen LogP contribution is -2.46. The van der Waals surface area contributed by atoms with Gasteiger partial charge in [0.05, 0.1) is 11.4 Å². The van der Waals surface area contributed by atoms with Gasteiger partial charge in [0.2, 0.25) is 17.2 Å². The van der Waals surface area contributed by atoms with Crippen LogP contribution in [-0.4, -0.2) is 50.5 Å². The molecule has 0 spiro atoms. The van der Waals surface area contributed by atoms with Gasteiger partial charge in [-0.25, -0.2) is 0 Å². The van der Waals surface area contributed by atoms with E-state index in [0.717, 1.165) is 17.4 Å². The molecule has 4 rings (SSSR count). The maximum absolute atomic E-state index is 12.3. The molecule has 0 fully saturated rings. The molecule has 0 unspecified atom stereocenters. The second-order valence-corrected chi connectivity index (χ2v) is 6.72. The highest BCUT2D eigenvalue weighted by molar-refractivity contribution is 7.99. The molecule has 10 heteroatoms. The van der Waals surface area contributed by atoms with Crippen LogP contribution < -0.4 is 14.8 Å². The largest absolute Gasteiger partial charge is 0.485 e. The van der Waals surface area contributed by atoms with Gasteiger partial charge < -0.3 is 9.47 Å². The molecule has 9 nitrogen and oxygen atoms in total. The Balaban J connectivity index is 1.32. The number of ether oxygens (including phenoxy) is 2. The number of nitrogens with zero attached hydrogens (tertiary/aromatic N) is 4. The van der Waals surface area contributed by atoms with E-state index < -0.39 is 17.9 Å². The van der Waals surface area contributed by atoms with Gasteiger partial charge in [-0.05, 0) is 34.7 Å². The van der Waals surface area contributed by atoms with Gasteiger partial charge in [0.1, 0.15) is 6.61 Å². The number of fused-ring (bicyclic) bond motifs is 1. The Bertz CT molecular complexity index is 994. The van der Waals surface area contributed by atoms with Crippen LogP contribution in [0.2, 0.25) is 0 Å². The normalized spacial score (nSPS) is 15.1. The molecule has 2 amide bonds. The standard InChI is InChI=1S/C18H15N5O4S/c24-16(11-28-18-20-21-22-23(18)12-6-2-1-3-7-12)19-17(25)15-10-26-13-8-4-5-9-14(13)27-15/h1-9,15H,10-11H2,(H,19,24,25)/t15-/m1/s1. The van der Waals surface area contributed by atoms with Gasteiger partial charge in [-0.1, -0.05) is 42.1 Å². The van der Waals surface area contributed by atoms with Crippen LogP contribution in [0, 0.1) is 0 Å². The number of aromatic nitrogens is 4. The summed E-state index contributed by atoms with van der Waals surface area (Å²) in [6.45, 7) is 0.0372. The Kier molecular flexibility index (Phi) is 5.20. The molecule has 28 heavy (non-hydrogen) atoms. The molecule has 1 N–H and O–H groups in total. The van der Waals surface area contributed by atoms with E-state index >= 15 is 0 Å². The van der Waals surface area contributed by atoms with Crippen molar-refractivity contribution in [2.75, 3.05) is 12.4 Å². The molecular weight excluding hydrogens is 382 g/mol. The maximum atomic E-state index is 12.3. The smallest absolute Gasteiger partial charge is 0.271 e. The van der Waals surface area contributed by atoms with Crippen molar-refractivity contribution in [2.45, 2.75) is 11.3 Å². The summed E-state index contributed by atoms with van der Waals surface area (Å²) in [6.07, 6.45) is -0.890. The highest BCUT2D eigenvalue weighted by atomic mass is 32.2. The molecule has 1 atom stereocenters. The summed E-state index contributed by atoms with van der Waals surface area (Å²) >= 11 is 1.12. The van der Waals surface area contributed by atoms with Gasteiger partial charge in [0.25, 0.3) is 5.91 Å². The van der Waals surface area contributed by atoms with Crippen molar-refractivity contribution in [3.63, 3.8) is 0 Å². The first-order valence-electron chi connectivity index (χ1n) is 8.39. The monoisotopic (exact) mass is 397 g/mol. The first kappa shape index (κ1) is 18.0. The number of para-hydroxylation sites is 3. The van der Waals surface area contributed by atoms with Crippen molar-refractivity contribution in [2.24, 2.45) is 0 Å². The Morgan fingerprint density at radius 2 is 1.86 bits per heavy atom. The van der Waals surface area contributed by atoms with Crippen molar-refractivity contribution in [1.29, 1.82) is 0 Å². The van der Waals surface area contributed by atoms with E-state index in [9.17, 15) is 9.59 Å². The molecule has 3 aromatic rings. The zero-order valence-electron chi connectivity index (χ0n) is 14.5. The SMILES string of the molecule is O=C(CSc1nnnn1-c1ccccc1)NC(=O)[C@H]1COc2ccccc2O1. The Morgan fingerprint density at radius 3 is 2.68 bits per heavy atom. The number of thioether (sulfide) groups is 1. The van der Waals surface area contributed by atoms with Gasteiger partial charge in [0, 0.05) is 0 Å². The van der Waals surface area contributed by atoms with E-state index in [-0.39, 0.29) is 12.4 Å². The maximum Gasteiger partial charge on any atom is 0.271 e. The van der Waals surface area contributed by atoms with Gasteiger partial charge in [-0.15, -0.1) is 5.10 Å². The quantitative estimate of drug-likeness (QED) is 0.641. The molecule has 0 saturated carbocycles. The molecule has 1 aromatic heterocycles. The third-order valence-electron chi connectivity index (χ3n) is 3.84. The number of tetrazole rings is 1. The second-order valence-electron chi connectivity index (χ2n) is 5.77. The highest BCUT2D eigenvalue weighted by Crippen LogP contribution is 2.30. The van der Waals surface area contributed by atoms with Crippen LogP contribution in [0.15, 0.2) is 59.8 Å². The number of carbonyl (C=O) groups is 2. The molecular formula is C18H15N5O4S. The number of nitrogens with one attached hydrogen (secondary N) is 1. The van der Waals surface area contributed by atoms with Crippen LogP contribution in [0.1, 0.15) is 0 Å². The van der Waals surface area contributed by atoms with Crippen molar-refractivity contribution in [3.05, 3.63) is 54.6 Å². The molecule has 2 heterocycles. The lowest BCUT2D eigenvalue weighted by molar-refractivity contribution is -0.135. The van der Waals surface area contributed by atoms with Crippen LogP contribution >= 0.6 is 11.8 Å². The van der Waals surface area contributed by atoms with E-state index in [2.05, 4.69) is 20.8 Å². The lowest BCUT2D eigenvalue weighted by Gasteiger charge is -2.25. The number of hydrogen-bond donors (Lipinski definition) is 1. The van der Waals surface area contributed by atoms with Gasteiger partial charge in [-0.2, -0.15) is 4.68 Å². The lowest BCUT2D eigenvalue weighted by atomic mass is 10.2. The predicted molar refractivity (Wildman–Crippen MR) is 99.4 cm³/mol. The summed E-state index contributed by atoms with van der Waals surface area (Å²) in [5.41, 5.74) is 0.776. The topological polar surface area (TPSA) is 108 Å². The summed E-state index contributed by atoms with van der Waals surface area (Å²) in [5, 5.41) is 14.2. The molecule has 0 bridgehead atoms. The van der Waals surface area contributed by atoms with E-state index in [4.69, 9.17) is 9.47 Å². The van der Waals surface area contributed by atoms with E-state index in [1.807, 2.05) is 36.4 Å². The number of imide groups is 1. The minimum absolute atomic E-state index is 0.0247.